The molecule has 8 heteroatoms. The van der Waals surface area contributed by atoms with Gasteiger partial charge in [0.25, 0.3) is 0 Å². The smallest absolute Gasteiger partial charge is 0.414 e. The minimum absolute atomic E-state index is 0.265. The van der Waals surface area contributed by atoms with Crippen LogP contribution in [0.1, 0.15) is 25.2 Å². The molecule has 1 saturated heterocycles. The van der Waals surface area contributed by atoms with Crippen molar-refractivity contribution < 1.29 is 14.3 Å². The maximum Gasteiger partial charge on any atom is 0.414 e. The van der Waals surface area contributed by atoms with Crippen LogP contribution in [-0.4, -0.2) is 35.2 Å². The summed E-state index contributed by atoms with van der Waals surface area (Å²) in [4.78, 5) is 33.6. The molecule has 0 radical (unpaired) electrons. The van der Waals surface area contributed by atoms with Gasteiger partial charge in [0.1, 0.15) is 12.4 Å². The molecule has 0 spiro atoms. The van der Waals surface area contributed by atoms with E-state index < -0.39 is 0 Å². The molecule has 4 rings (SSSR count). The minimum atomic E-state index is -0.380. The molecule has 3 N–H and O–H groups in total. The van der Waals surface area contributed by atoms with E-state index in [1.54, 1.807) is 30.5 Å². The van der Waals surface area contributed by atoms with Crippen LogP contribution in [0.5, 0.6) is 0 Å². The summed E-state index contributed by atoms with van der Waals surface area (Å²) in [5.41, 5.74) is 3.20. The van der Waals surface area contributed by atoms with E-state index in [-0.39, 0.29) is 18.2 Å². The zero-order valence-electron chi connectivity index (χ0n) is 16.6. The number of anilines is 2. The number of aromatic nitrogens is 2. The molecular weight excluding hydrogens is 382 g/mol. The van der Waals surface area contributed by atoms with Crippen molar-refractivity contribution in [1.82, 2.24) is 15.3 Å². The number of cyclic esters (lactones) is 1. The summed E-state index contributed by atoms with van der Waals surface area (Å²) in [6.45, 7) is 2.84. The Morgan fingerprint density at radius 1 is 1.23 bits per heavy atom. The molecule has 1 aromatic heterocycles. The van der Waals surface area contributed by atoms with Crippen LogP contribution in [0, 0.1) is 0 Å². The number of nitrogens with zero attached hydrogens (tertiary/aromatic N) is 2. The molecule has 0 bridgehead atoms. The van der Waals surface area contributed by atoms with Crippen molar-refractivity contribution in [2.45, 2.75) is 19.4 Å². The first-order chi connectivity index (χ1) is 14.6. The van der Waals surface area contributed by atoms with E-state index in [0.717, 1.165) is 11.3 Å². The van der Waals surface area contributed by atoms with Gasteiger partial charge in [-0.05, 0) is 30.2 Å². The van der Waals surface area contributed by atoms with Gasteiger partial charge in [-0.2, -0.15) is 0 Å². The van der Waals surface area contributed by atoms with Gasteiger partial charge >= 0.3 is 12.1 Å². The van der Waals surface area contributed by atoms with E-state index in [2.05, 4.69) is 20.6 Å². The monoisotopic (exact) mass is 405 g/mol. The Morgan fingerprint density at radius 2 is 2.07 bits per heavy atom. The number of carbonyl (C=O) groups is 2. The van der Waals surface area contributed by atoms with Crippen LogP contribution in [0.25, 0.3) is 11.3 Å². The van der Waals surface area contributed by atoms with Gasteiger partial charge in [0.05, 0.1) is 24.5 Å². The molecule has 30 heavy (non-hydrogen) atoms. The van der Waals surface area contributed by atoms with Crippen LogP contribution in [0.2, 0.25) is 0 Å². The van der Waals surface area contributed by atoms with Gasteiger partial charge < -0.3 is 20.4 Å². The zero-order valence-corrected chi connectivity index (χ0v) is 16.6. The molecule has 1 aliphatic rings. The summed E-state index contributed by atoms with van der Waals surface area (Å²) < 4.78 is 4.97. The van der Waals surface area contributed by atoms with Gasteiger partial charge in [0.15, 0.2) is 0 Å². The standard InChI is InChI=1S/C22H23N5O3/c1-2-18(20-23-14-19(25-20)15-7-4-3-5-8-15)26-21(28)24-16-9-6-10-17(13-16)27-11-12-30-22(27)29/h3-10,13-14,18H,2,11-12H2,1H3,(H,23,25)(H2,24,26,28). The fraction of sp³-hybridized carbons (Fsp3) is 0.227. The molecule has 1 atom stereocenters. The first kappa shape index (κ1) is 19.5. The fourth-order valence-electron chi connectivity index (χ4n) is 3.35. The van der Waals surface area contributed by atoms with Gasteiger partial charge in [-0.3, -0.25) is 4.90 Å². The third-order valence-electron chi connectivity index (χ3n) is 4.90. The Bertz CT molecular complexity index is 1030. The van der Waals surface area contributed by atoms with Gasteiger partial charge in [0, 0.05) is 11.4 Å². The SMILES string of the molecule is CCC(NC(=O)Nc1cccc(N2CCOC2=O)c1)c1ncc(-c2ccccc2)[nH]1. The summed E-state index contributed by atoms with van der Waals surface area (Å²) in [6.07, 6.45) is 2.06. The van der Waals surface area contributed by atoms with E-state index in [1.165, 1.54) is 4.90 Å². The summed E-state index contributed by atoms with van der Waals surface area (Å²) >= 11 is 0. The van der Waals surface area contributed by atoms with Crippen LogP contribution < -0.4 is 15.5 Å². The Balaban J connectivity index is 1.42. The maximum absolute atomic E-state index is 12.6. The number of hydrogen-bond donors (Lipinski definition) is 3. The molecule has 1 fully saturated rings. The second-order valence-corrected chi connectivity index (χ2v) is 6.92. The molecule has 154 valence electrons. The lowest BCUT2D eigenvalue weighted by atomic mass is 10.2. The summed E-state index contributed by atoms with van der Waals surface area (Å²) in [6, 6.07) is 16.4. The number of carbonyl (C=O) groups excluding carboxylic acids is 2. The number of H-pyrrole nitrogens is 1. The molecule has 3 aromatic rings. The lowest BCUT2D eigenvalue weighted by Crippen LogP contribution is -2.33. The van der Waals surface area contributed by atoms with Crippen LogP contribution in [0.15, 0.2) is 60.8 Å². The molecule has 0 saturated carbocycles. The van der Waals surface area contributed by atoms with Crippen molar-refractivity contribution in [2.24, 2.45) is 0 Å². The number of urea groups is 1. The first-order valence-corrected chi connectivity index (χ1v) is 9.86. The molecule has 1 unspecified atom stereocenters. The van der Waals surface area contributed by atoms with Crippen LogP contribution in [0.3, 0.4) is 0 Å². The molecule has 1 aliphatic heterocycles. The van der Waals surface area contributed by atoms with Crippen molar-refractivity contribution in [2.75, 3.05) is 23.4 Å². The number of hydrogen-bond acceptors (Lipinski definition) is 4. The second-order valence-electron chi connectivity index (χ2n) is 6.92. The second kappa shape index (κ2) is 8.69. The van der Waals surface area contributed by atoms with Gasteiger partial charge in [-0.1, -0.05) is 43.3 Å². The first-order valence-electron chi connectivity index (χ1n) is 9.86. The Morgan fingerprint density at radius 3 is 2.80 bits per heavy atom. The predicted octanol–water partition coefficient (Wildman–Crippen LogP) is 4.31. The minimum Gasteiger partial charge on any atom is -0.447 e. The predicted molar refractivity (Wildman–Crippen MR) is 114 cm³/mol. The summed E-state index contributed by atoms with van der Waals surface area (Å²) in [5.74, 6) is 0.695. The van der Waals surface area contributed by atoms with Crippen molar-refractivity contribution in [3.05, 3.63) is 66.6 Å². The lowest BCUT2D eigenvalue weighted by Gasteiger charge is -2.17. The molecule has 0 aliphatic carbocycles. The van der Waals surface area contributed by atoms with Gasteiger partial charge in [-0.15, -0.1) is 0 Å². The Hall–Kier alpha value is -3.81. The molecule has 8 nitrogen and oxygen atoms in total. The van der Waals surface area contributed by atoms with E-state index in [9.17, 15) is 9.59 Å². The summed E-state index contributed by atoms with van der Waals surface area (Å²) in [7, 11) is 0. The number of amides is 3. The summed E-state index contributed by atoms with van der Waals surface area (Å²) in [5, 5.41) is 5.77. The highest BCUT2D eigenvalue weighted by atomic mass is 16.6. The molecule has 2 aromatic carbocycles. The number of ether oxygens (including phenoxy) is 1. The quantitative estimate of drug-likeness (QED) is 0.569. The lowest BCUT2D eigenvalue weighted by molar-refractivity contribution is 0.181. The van der Waals surface area contributed by atoms with E-state index in [4.69, 9.17) is 4.74 Å². The fourth-order valence-corrected chi connectivity index (χ4v) is 3.35. The number of imidazole rings is 1. The average Bonchev–Trinajstić information content (AvgIpc) is 3.42. The number of nitrogens with one attached hydrogen (secondary N) is 3. The topological polar surface area (TPSA) is 99.4 Å². The van der Waals surface area contributed by atoms with Crippen molar-refractivity contribution in [1.29, 1.82) is 0 Å². The molecule has 3 amide bonds. The highest BCUT2D eigenvalue weighted by Crippen LogP contribution is 2.23. The van der Waals surface area contributed by atoms with Gasteiger partial charge in [-0.25, -0.2) is 14.6 Å². The van der Waals surface area contributed by atoms with E-state index in [0.29, 0.717) is 36.8 Å². The maximum atomic E-state index is 12.6. The number of aromatic amines is 1. The van der Waals surface area contributed by atoms with Crippen LogP contribution >= 0.6 is 0 Å². The van der Waals surface area contributed by atoms with Crippen molar-refractivity contribution in [3.8, 4) is 11.3 Å². The average molecular weight is 405 g/mol. The number of benzene rings is 2. The zero-order chi connectivity index (χ0) is 20.9. The molecule has 2 heterocycles. The molecular formula is C22H23N5O3. The van der Waals surface area contributed by atoms with E-state index >= 15 is 0 Å². The van der Waals surface area contributed by atoms with Gasteiger partial charge in [0.2, 0.25) is 0 Å². The number of rotatable bonds is 6. The highest BCUT2D eigenvalue weighted by Gasteiger charge is 2.24. The van der Waals surface area contributed by atoms with Crippen LogP contribution in [-0.2, 0) is 4.74 Å². The third kappa shape index (κ3) is 4.27. The van der Waals surface area contributed by atoms with Crippen molar-refractivity contribution in [3.63, 3.8) is 0 Å². The third-order valence-corrected chi connectivity index (χ3v) is 4.90. The largest absolute Gasteiger partial charge is 0.447 e. The van der Waals surface area contributed by atoms with E-state index in [1.807, 2.05) is 37.3 Å². The Labute approximate surface area is 174 Å². The van der Waals surface area contributed by atoms with Crippen LogP contribution in [0.4, 0.5) is 21.0 Å². The van der Waals surface area contributed by atoms with Crippen molar-refractivity contribution >= 4 is 23.5 Å². The Kier molecular flexibility index (Phi) is 5.65. The normalized spacial score (nSPS) is 14.3. The highest BCUT2D eigenvalue weighted by molar-refractivity contribution is 5.93.